The Morgan fingerprint density at radius 3 is 2.71 bits per heavy atom. The molecule has 0 aliphatic carbocycles. The van der Waals surface area contributed by atoms with Crippen molar-refractivity contribution >= 4 is 13.3 Å². The van der Waals surface area contributed by atoms with Crippen LogP contribution in [-0.2, 0) is 4.57 Å². The summed E-state index contributed by atoms with van der Waals surface area (Å²) in [7, 11) is -3.66. The number of hydrogen-bond donors (Lipinski definition) is 1. The summed E-state index contributed by atoms with van der Waals surface area (Å²) in [5.41, 5.74) is -0.184. The van der Waals surface area contributed by atoms with Crippen molar-refractivity contribution in [2.45, 2.75) is 0 Å². The average Bonchev–Trinajstić information content (AvgIpc) is 2.01. The van der Waals surface area contributed by atoms with Gasteiger partial charge in [-0.25, -0.2) is 4.57 Å². The summed E-state index contributed by atoms with van der Waals surface area (Å²) in [6.45, 7) is 1.01. The van der Waals surface area contributed by atoms with Gasteiger partial charge in [0.25, 0.3) is 5.69 Å². The van der Waals surface area contributed by atoms with E-state index in [9.17, 15) is 14.7 Å². The Kier molecular flexibility index (Phi) is 2.88. The Morgan fingerprint density at radius 1 is 1.57 bits per heavy atom. The Bertz CT molecular complexity index is 399. The van der Waals surface area contributed by atoms with Gasteiger partial charge in [-0.05, 0) is 6.07 Å². The quantitative estimate of drug-likeness (QED) is 0.473. The van der Waals surface area contributed by atoms with E-state index in [2.05, 4.69) is 4.52 Å². The van der Waals surface area contributed by atoms with Crippen molar-refractivity contribution < 1.29 is 18.9 Å². The molecule has 1 aromatic carbocycles. The minimum absolute atomic E-state index is 0.00698. The Balaban J connectivity index is 2.95. The molecule has 1 aromatic rings. The molecule has 0 fully saturated rings. The summed E-state index contributed by atoms with van der Waals surface area (Å²) in [6, 6.07) is 5.11. The minimum atomic E-state index is -3.66. The maximum Gasteiger partial charge on any atom is 0.373 e. The van der Waals surface area contributed by atoms with Crippen molar-refractivity contribution in [2.75, 3.05) is 6.66 Å². The lowest BCUT2D eigenvalue weighted by molar-refractivity contribution is -0.384. The molecule has 0 spiro atoms. The van der Waals surface area contributed by atoms with Crippen LogP contribution in [0.4, 0.5) is 5.69 Å². The second kappa shape index (κ2) is 3.77. The van der Waals surface area contributed by atoms with Crippen molar-refractivity contribution in [2.24, 2.45) is 0 Å². The van der Waals surface area contributed by atoms with Crippen LogP contribution in [0.1, 0.15) is 0 Å². The van der Waals surface area contributed by atoms with E-state index in [0.717, 1.165) is 12.7 Å². The van der Waals surface area contributed by atoms with Crippen molar-refractivity contribution in [1.82, 2.24) is 0 Å². The summed E-state index contributed by atoms with van der Waals surface area (Å²) in [5.74, 6) is 0.00698. The van der Waals surface area contributed by atoms with E-state index in [1.807, 2.05) is 0 Å². The third kappa shape index (κ3) is 3.16. The predicted octanol–water partition coefficient (Wildman–Crippen LogP) is 1.79. The molecule has 0 saturated carbocycles. The van der Waals surface area contributed by atoms with Crippen LogP contribution in [-0.4, -0.2) is 16.5 Å². The zero-order chi connectivity index (χ0) is 10.8. The molecule has 0 aliphatic rings. The van der Waals surface area contributed by atoms with Crippen molar-refractivity contribution in [3.63, 3.8) is 0 Å². The zero-order valence-corrected chi connectivity index (χ0v) is 8.18. The first kappa shape index (κ1) is 10.7. The predicted molar refractivity (Wildman–Crippen MR) is 49.5 cm³/mol. The Labute approximate surface area is 79.8 Å². The third-order valence-corrected chi connectivity index (χ3v) is 1.85. The van der Waals surface area contributed by atoms with Gasteiger partial charge in [0.15, 0.2) is 0 Å². The maximum atomic E-state index is 10.8. The molecule has 1 rings (SSSR count). The van der Waals surface area contributed by atoms with Gasteiger partial charge in [-0.2, -0.15) is 0 Å². The van der Waals surface area contributed by atoms with Crippen LogP contribution in [0.5, 0.6) is 5.75 Å². The number of non-ortho nitro benzene ring substituents is 1. The SMILES string of the molecule is CP(=O)(O)Oc1cccc([N+](=O)[O-])c1. The van der Waals surface area contributed by atoms with Crippen LogP contribution >= 0.6 is 7.60 Å². The number of rotatable bonds is 3. The van der Waals surface area contributed by atoms with Gasteiger partial charge in [-0.15, -0.1) is 0 Å². The smallest absolute Gasteiger partial charge is 0.373 e. The van der Waals surface area contributed by atoms with Gasteiger partial charge >= 0.3 is 7.60 Å². The molecule has 0 amide bonds. The van der Waals surface area contributed by atoms with Crippen molar-refractivity contribution in [1.29, 1.82) is 0 Å². The lowest BCUT2D eigenvalue weighted by Gasteiger charge is -2.07. The van der Waals surface area contributed by atoms with Crippen LogP contribution in [0, 0.1) is 10.1 Å². The van der Waals surface area contributed by atoms with E-state index in [1.165, 1.54) is 18.2 Å². The topological polar surface area (TPSA) is 89.7 Å². The van der Waals surface area contributed by atoms with E-state index < -0.39 is 12.5 Å². The number of nitro groups is 1. The highest BCUT2D eigenvalue weighted by Crippen LogP contribution is 2.38. The monoisotopic (exact) mass is 217 g/mol. The molecule has 0 bridgehead atoms. The fourth-order valence-electron chi connectivity index (χ4n) is 0.849. The van der Waals surface area contributed by atoms with Crippen LogP contribution < -0.4 is 4.52 Å². The standard InChI is InChI=1S/C7H8NO5P/c1-14(11,12)13-7-4-2-3-6(5-7)8(9)10/h2-5H,1H3,(H,11,12). The number of benzene rings is 1. The molecule has 1 atom stereocenters. The summed E-state index contributed by atoms with van der Waals surface area (Å²) in [6.07, 6.45) is 0. The molecule has 0 radical (unpaired) electrons. The van der Waals surface area contributed by atoms with Gasteiger partial charge in [-0.3, -0.25) is 10.1 Å². The molecule has 14 heavy (non-hydrogen) atoms. The van der Waals surface area contributed by atoms with E-state index >= 15 is 0 Å². The molecule has 0 aromatic heterocycles. The molecule has 1 unspecified atom stereocenters. The molecule has 0 heterocycles. The highest BCUT2D eigenvalue weighted by atomic mass is 31.2. The minimum Gasteiger partial charge on any atom is -0.424 e. The summed E-state index contributed by atoms with van der Waals surface area (Å²) in [5, 5.41) is 10.3. The normalized spacial score (nSPS) is 14.4. The summed E-state index contributed by atoms with van der Waals surface area (Å²) >= 11 is 0. The Morgan fingerprint density at radius 2 is 2.21 bits per heavy atom. The number of nitro benzene ring substituents is 1. The van der Waals surface area contributed by atoms with Crippen LogP contribution in [0.3, 0.4) is 0 Å². The fraction of sp³-hybridized carbons (Fsp3) is 0.143. The molecule has 1 N–H and O–H groups in total. The molecule has 0 saturated heterocycles. The van der Waals surface area contributed by atoms with Gasteiger partial charge in [0, 0.05) is 12.7 Å². The second-order valence-corrected chi connectivity index (χ2v) is 4.44. The van der Waals surface area contributed by atoms with Gasteiger partial charge in [0.05, 0.1) is 11.0 Å². The first-order valence-corrected chi connectivity index (χ1v) is 5.65. The Hall–Kier alpha value is -1.39. The third-order valence-electron chi connectivity index (χ3n) is 1.30. The molecule has 0 aliphatic heterocycles. The maximum absolute atomic E-state index is 10.8. The molecule has 6 nitrogen and oxygen atoms in total. The number of nitrogens with zero attached hydrogens (tertiary/aromatic N) is 1. The molecular weight excluding hydrogens is 209 g/mol. The lowest BCUT2D eigenvalue weighted by Crippen LogP contribution is -1.91. The molecule has 76 valence electrons. The van der Waals surface area contributed by atoms with E-state index in [0.29, 0.717) is 0 Å². The highest BCUT2D eigenvalue weighted by molar-refractivity contribution is 7.52. The molecular formula is C7H8NO5P. The number of hydrogen-bond acceptors (Lipinski definition) is 4. The van der Waals surface area contributed by atoms with Crippen LogP contribution in [0.25, 0.3) is 0 Å². The van der Waals surface area contributed by atoms with Gasteiger partial charge in [-0.1, -0.05) is 6.07 Å². The first-order chi connectivity index (χ1) is 6.38. The summed E-state index contributed by atoms with van der Waals surface area (Å²) in [4.78, 5) is 18.6. The lowest BCUT2D eigenvalue weighted by atomic mass is 10.3. The van der Waals surface area contributed by atoms with E-state index in [4.69, 9.17) is 4.89 Å². The van der Waals surface area contributed by atoms with E-state index in [-0.39, 0.29) is 11.4 Å². The largest absolute Gasteiger partial charge is 0.424 e. The van der Waals surface area contributed by atoms with Crippen LogP contribution in [0.2, 0.25) is 0 Å². The van der Waals surface area contributed by atoms with Crippen molar-refractivity contribution in [3.05, 3.63) is 34.4 Å². The van der Waals surface area contributed by atoms with Crippen LogP contribution in [0.15, 0.2) is 24.3 Å². The zero-order valence-electron chi connectivity index (χ0n) is 7.28. The second-order valence-electron chi connectivity index (χ2n) is 2.65. The first-order valence-electron chi connectivity index (χ1n) is 3.63. The van der Waals surface area contributed by atoms with Gasteiger partial charge < -0.3 is 9.42 Å². The van der Waals surface area contributed by atoms with E-state index in [1.54, 1.807) is 0 Å². The van der Waals surface area contributed by atoms with Gasteiger partial charge in [0.1, 0.15) is 5.75 Å². The fourth-order valence-corrected chi connectivity index (χ4v) is 1.35. The van der Waals surface area contributed by atoms with Crippen molar-refractivity contribution in [3.8, 4) is 5.75 Å². The highest BCUT2D eigenvalue weighted by Gasteiger charge is 2.14. The average molecular weight is 217 g/mol. The summed E-state index contributed by atoms with van der Waals surface area (Å²) < 4.78 is 15.4. The van der Waals surface area contributed by atoms with Gasteiger partial charge in [0.2, 0.25) is 0 Å². The molecule has 7 heteroatoms.